The largest absolute Gasteiger partial charge is 0.378 e. The van der Waals surface area contributed by atoms with Crippen molar-refractivity contribution in [2.75, 3.05) is 39.1 Å². The van der Waals surface area contributed by atoms with E-state index in [0.29, 0.717) is 0 Å². The van der Waals surface area contributed by atoms with E-state index < -0.39 is 0 Å². The van der Waals surface area contributed by atoms with Crippen LogP contribution in [0.1, 0.15) is 19.4 Å². The van der Waals surface area contributed by atoms with Crippen LogP contribution in [-0.4, -0.2) is 39.1 Å². The molecular weight excluding hydrogens is 222 g/mol. The molecule has 1 rings (SSSR count). The maximum atomic E-state index is 5.77. The van der Waals surface area contributed by atoms with Crippen molar-refractivity contribution >= 4 is 5.69 Å². The molecule has 0 aromatic heterocycles. The van der Waals surface area contributed by atoms with E-state index in [9.17, 15) is 0 Å². The van der Waals surface area contributed by atoms with Gasteiger partial charge in [-0.25, -0.2) is 0 Å². The van der Waals surface area contributed by atoms with Crippen molar-refractivity contribution in [2.45, 2.75) is 20.4 Å². The van der Waals surface area contributed by atoms with Crippen molar-refractivity contribution in [3.8, 4) is 0 Å². The predicted octanol–water partition coefficient (Wildman–Crippen LogP) is 2.17. The first-order valence-electron chi connectivity index (χ1n) is 6.49. The van der Waals surface area contributed by atoms with Gasteiger partial charge in [-0.1, -0.05) is 26.0 Å². The van der Waals surface area contributed by atoms with E-state index in [0.717, 1.165) is 19.6 Å². The Hall–Kier alpha value is -1.06. The molecule has 2 N–H and O–H groups in total. The third-order valence-electron chi connectivity index (χ3n) is 3.16. The summed E-state index contributed by atoms with van der Waals surface area (Å²) in [4.78, 5) is 4.45. The molecular formula is C15H27N3. The summed E-state index contributed by atoms with van der Waals surface area (Å²) in [5.74, 6) is 0. The molecule has 0 aliphatic carbocycles. The Morgan fingerprint density at radius 2 is 1.61 bits per heavy atom. The molecule has 1 aromatic rings. The number of anilines is 1. The van der Waals surface area contributed by atoms with Crippen LogP contribution < -0.4 is 10.6 Å². The number of hydrogen-bond acceptors (Lipinski definition) is 3. The molecule has 3 heteroatoms. The van der Waals surface area contributed by atoms with Crippen LogP contribution in [0.2, 0.25) is 0 Å². The van der Waals surface area contributed by atoms with E-state index in [2.05, 4.69) is 69.1 Å². The molecule has 0 saturated heterocycles. The second-order valence-corrected chi connectivity index (χ2v) is 6.10. The summed E-state index contributed by atoms with van der Waals surface area (Å²) in [7, 11) is 6.27. The van der Waals surface area contributed by atoms with Crippen LogP contribution in [0.25, 0.3) is 0 Å². The van der Waals surface area contributed by atoms with Crippen molar-refractivity contribution in [2.24, 2.45) is 11.1 Å². The summed E-state index contributed by atoms with van der Waals surface area (Å²) >= 11 is 0. The van der Waals surface area contributed by atoms with Crippen LogP contribution in [0.3, 0.4) is 0 Å². The lowest BCUT2D eigenvalue weighted by atomic mass is 9.93. The van der Waals surface area contributed by atoms with Gasteiger partial charge in [0.05, 0.1) is 0 Å². The minimum atomic E-state index is 0.179. The Bertz CT molecular complexity index is 355. The highest BCUT2D eigenvalue weighted by Crippen LogP contribution is 2.17. The Morgan fingerprint density at radius 3 is 2.06 bits per heavy atom. The summed E-state index contributed by atoms with van der Waals surface area (Å²) in [5.41, 5.74) is 8.53. The summed E-state index contributed by atoms with van der Waals surface area (Å²) in [6.07, 6.45) is 0. The molecule has 102 valence electrons. The van der Waals surface area contributed by atoms with Gasteiger partial charge in [0.2, 0.25) is 0 Å². The summed E-state index contributed by atoms with van der Waals surface area (Å²) in [6, 6.07) is 8.72. The zero-order valence-corrected chi connectivity index (χ0v) is 12.4. The van der Waals surface area contributed by atoms with Gasteiger partial charge >= 0.3 is 0 Å². The van der Waals surface area contributed by atoms with Crippen LogP contribution in [0.5, 0.6) is 0 Å². The summed E-state index contributed by atoms with van der Waals surface area (Å²) in [5, 5.41) is 0. The zero-order chi connectivity index (χ0) is 13.8. The molecule has 3 nitrogen and oxygen atoms in total. The molecule has 0 aliphatic heterocycles. The molecule has 1 aromatic carbocycles. The Kier molecular flexibility index (Phi) is 5.17. The lowest BCUT2D eigenvalue weighted by Gasteiger charge is -2.29. The van der Waals surface area contributed by atoms with Crippen LogP contribution in [0.4, 0.5) is 5.69 Å². The molecule has 18 heavy (non-hydrogen) atoms. The summed E-state index contributed by atoms with van der Waals surface area (Å²) in [6.45, 7) is 7.12. The SMILES string of the molecule is CN(Cc1ccc(N(C)C)cc1)CC(C)(C)CN. The van der Waals surface area contributed by atoms with Crippen molar-refractivity contribution in [1.29, 1.82) is 0 Å². The van der Waals surface area contributed by atoms with Gasteiger partial charge in [-0.2, -0.15) is 0 Å². The van der Waals surface area contributed by atoms with Gasteiger partial charge in [-0.3, -0.25) is 0 Å². The van der Waals surface area contributed by atoms with E-state index in [1.54, 1.807) is 0 Å². The fourth-order valence-corrected chi connectivity index (χ4v) is 2.06. The predicted molar refractivity (Wildman–Crippen MR) is 79.9 cm³/mol. The van der Waals surface area contributed by atoms with Crippen molar-refractivity contribution < 1.29 is 0 Å². The maximum absolute atomic E-state index is 5.77. The highest BCUT2D eigenvalue weighted by Gasteiger charge is 2.17. The van der Waals surface area contributed by atoms with E-state index in [1.165, 1.54) is 11.3 Å². The number of benzene rings is 1. The summed E-state index contributed by atoms with van der Waals surface area (Å²) < 4.78 is 0. The monoisotopic (exact) mass is 249 g/mol. The first-order chi connectivity index (χ1) is 8.34. The zero-order valence-electron chi connectivity index (χ0n) is 12.4. The van der Waals surface area contributed by atoms with Gasteiger partial charge in [-0.15, -0.1) is 0 Å². The number of nitrogens with zero attached hydrogens (tertiary/aromatic N) is 2. The molecule has 0 bridgehead atoms. The quantitative estimate of drug-likeness (QED) is 0.838. The molecule has 0 atom stereocenters. The molecule has 0 aliphatic rings. The van der Waals surface area contributed by atoms with E-state index >= 15 is 0 Å². The van der Waals surface area contributed by atoms with Crippen LogP contribution in [-0.2, 0) is 6.54 Å². The average Bonchev–Trinajstić information content (AvgIpc) is 2.29. The van der Waals surface area contributed by atoms with Crippen molar-refractivity contribution in [3.63, 3.8) is 0 Å². The van der Waals surface area contributed by atoms with Crippen LogP contribution in [0.15, 0.2) is 24.3 Å². The minimum absolute atomic E-state index is 0.179. The molecule has 0 amide bonds. The standard InChI is InChI=1S/C15H27N3/c1-15(2,11-16)12-18(5)10-13-6-8-14(9-7-13)17(3)4/h6-9H,10-12,16H2,1-5H3. The molecule has 0 spiro atoms. The number of nitrogens with two attached hydrogens (primary N) is 1. The maximum Gasteiger partial charge on any atom is 0.0361 e. The van der Waals surface area contributed by atoms with Gasteiger partial charge in [0.25, 0.3) is 0 Å². The smallest absolute Gasteiger partial charge is 0.0361 e. The highest BCUT2D eigenvalue weighted by molar-refractivity contribution is 5.45. The molecule has 0 fully saturated rings. The number of hydrogen-bond donors (Lipinski definition) is 1. The fourth-order valence-electron chi connectivity index (χ4n) is 2.06. The first-order valence-corrected chi connectivity index (χ1v) is 6.49. The highest BCUT2D eigenvalue weighted by atomic mass is 15.1. The Balaban J connectivity index is 2.57. The first kappa shape index (κ1) is 15.0. The van der Waals surface area contributed by atoms with Crippen LogP contribution >= 0.6 is 0 Å². The number of rotatable bonds is 6. The van der Waals surface area contributed by atoms with E-state index in [-0.39, 0.29) is 5.41 Å². The molecule has 0 heterocycles. The molecule has 0 radical (unpaired) electrons. The lowest BCUT2D eigenvalue weighted by Crippen LogP contribution is -2.36. The normalized spacial score (nSPS) is 11.9. The van der Waals surface area contributed by atoms with Gasteiger partial charge in [0.15, 0.2) is 0 Å². The lowest BCUT2D eigenvalue weighted by molar-refractivity contribution is 0.210. The molecule has 0 unspecified atom stereocenters. The third-order valence-corrected chi connectivity index (χ3v) is 3.16. The van der Waals surface area contributed by atoms with Crippen molar-refractivity contribution in [1.82, 2.24) is 4.90 Å². The van der Waals surface area contributed by atoms with Gasteiger partial charge < -0.3 is 15.5 Å². The van der Waals surface area contributed by atoms with Gasteiger partial charge in [-0.05, 0) is 36.7 Å². The third kappa shape index (κ3) is 4.67. The van der Waals surface area contributed by atoms with Gasteiger partial charge in [0.1, 0.15) is 0 Å². The molecule has 0 saturated carbocycles. The Labute approximate surface area is 112 Å². The van der Waals surface area contributed by atoms with Crippen LogP contribution in [0, 0.1) is 5.41 Å². The second kappa shape index (κ2) is 6.21. The van der Waals surface area contributed by atoms with E-state index in [4.69, 9.17) is 5.73 Å². The van der Waals surface area contributed by atoms with Gasteiger partial charge in [0, 0.05) is 32.9 Å². The topological polar surface area (TPSA) is 32.5 Å². The Morgan fingerprint density at radius 1 is 1.06 bits per heavy atom. The second-order valence-electron chi connectivity index (χ2n) is 6.10. The van der Waals surface area contributed by atoms with Crippen molar-refractivity contribution in [3.05, 3.63) is 29.8 Å². The fraction of sp³-hybridized carbons (Fsp3) is 0.600. The minimum Gasteiger partial charge on any atom is -0.378 e. The average molecular weight is 249 g/mol. The van der Waals surface area contributed by atoms with E-state index in [1.807, 2.05) is 0 Å².